The van der Waals surface area contributed by atoms with Gasteiger partial charge in [-0.25, -0.2) is 14.0 Å². The van der Waals surface area contributed by atoms with E-state index in [2.05, 4.69) is 0 Å². The van der Waals surface area contributed by atoms with Crippen molar-refractivity contribution in [1.29, 1.82) is 0 Å². The number of fused-ring (bicyclic) bond motifs is 1. The molecule has 5 nitrogen and oxygen atoms in total. The molecular formula is C27H17F7O5S. The van der Waals surface area contributed by atoms with Crippen LogP contribution in [0, 0.1) is 11.2 Å². The lowest BCUT2D eigenvalue weighted by Crippen LogP contribution is -2.42. The molecule has 210 valence electrons. The molecule has 40 heavy (non-hydrogen) atoms. The van der Waals surface area contributed by atoms with Gasteiger partial charge in [0.25, 0.3) is 0 Å². The number of rotatable bonds is 6. The molecule has 3 aromatic carbocycles. The van der Waals surface area contributed by atoms with Crippen LogP contribution >= 0.6 is 11.8 Å². The molecule has 0 fully saturated rings. The molecule has 0 unspecified atom stereocenters. The van der Waals surface area contributed by atoms with Crippen LogP contribution in [0.3, 0.4) is 0 Å². The van der Waals surface area contributed by atoms with Gasteiger partial charge in [0.2, 0.25) is 0 Å². The van der Waals surface area contributed by atoms with E-state index in [1.165, 1.54) is 6.07 Å². The smallest absolute Gasteiger partial charge is 0.416 e. The summed E-state index contributed by atoms with van der Waals surface area (Å²) in [6, 6.07) is 7.61. The van der Waals surface area contributed by atoms with Crippen molar-refractivity contribution in [2.75, 3.05) is 5.75 Å². The number of ketones is 1. The van der Waals surface area contributed by atoms with Gasteiger partial charge in [-0.15, -0.1) is 11.8 Å². The van der Waals surface area contributed by atoms with Crippen LogP contribution < -0.4 is 0 Å². The molecule has 1 aliphatic heterocycles. The number of carboxylic acids is 2. The van der Waals surface area contributed by atoms with Gasteiger partial charge in [0.1, 0.15) is 5.82 Å². The number of carbonyl (C=O) groups is 3. The highest BCUT2D eigenvalue weighted by Gasteiger charge is 2.48. The van der Waals surface area contributed by atoms with Crippen LogP contribution in [0.4, 0.5) is 30.7 Å². The third-order valence-electron chi connectivity index (χ3n) is 6.63. The molecule has 0 aliphatic carbocycles. The fourth-order valence-electron chi connectivity index (χ4n) is 4.86. The van der Waals surface area contributed by atoms with Crippen LogP contribution in [0.15, 0.2) is 59.5 Å². The number of thioether (sulfide) groups is 1. The molecule has 0 amide bonds. The second-order valence-corrected chi connectivity index (χ2v) is 10.2. The first-order valence-electron chi connectivity index (χ1n) is 11.4. The average molecular weight is 586 g/mol. The Balaban J connectivity index is 2.03. The number of aromatic carboxylic acids is 2. The van der Waals surface area contributed by atoms with Crippen molar-refractivity contribution < 1.29 is 55.3 Å². The Kier molecular flexibility index (Phi) is 7.48. The first kappa shape index (κ1) is 29.1. The van der Waals surface area contributed by atoms with E-state index in [-0.39, 0.29) is 10.5 Å². The number of hydrogen-bond acceptors (Lipinski definition) is 4. The minimum atomic E-state index is -5.10. The molecule has 0 spiro atoms. The summed E-state index contributed by atoms with van der Waals surface area (Å²) in [5, 5.41) is 19.3. The van der Waals surface area contributed by atoms with Crippen LogP contribution in [-0.2, 0) is 25.2 Å². The van der Waals surface area contributed by atoms with Gasteiger partial charge in [-0.1, -0.05) is 12.1 Å². The average Bonchev–Trinajstić information content (AvgIpc) is 2.85. The van der Waals surface area contributed by atoms with Crippen LogP contribution in [0.5, 0.6) is 0 Å². The van der Waals surface area contributed by atoms with Gasteiger partial charge in [0.15, 0.2) is 5.78 Å². The molecule has 0 bridgehead atoms. The van der Waals surface area contributed by atoms with E-state index in [0.29, 0.717) is 12.1 Å². The zero-order valence-electron chi connectivity index (χ0n) is 20.0. The number of Topliss-reactive ketones (excluding diaryl/α,β-unsaturated/α-hetero) is 1. The largest absolute Gasteiger partial charge is 0.478 e. The zero-order chi connectivity index (χ0) is 29.6. The van der Waals surface area contributed by atoms with Crippen LogP contribution in [0.25, 0.3) is 0 Å². The quantitative estimate of drug-likeness (QED) is 0.302. The van der Waals surface area contributed by atoms with E-state index in [1.807, 2.05) is 0 Å². The predicted octanol–water partition coefficient (Wildman–Crippen LogP) is 7.02. The highest BCUT2D eigenvalue weighted by atomic mass is 32.2. The SMILES string of the molecule is O=C(O)c1cccc(C(F)(F)F)c1CC1(Cc2c(C(=O)O)cccc2C(F)(F)F)CSc2ccc(F)cc2C1=O. The highest BCUT2D eigenvalue weighted by Crippen LogP contribution is 2.48. The summed E-state index contributed by atoms with van der Waals surface area (Å²) < 4.78 is 98.2. The Morgan fingerprint density at radius 1 is 0.800 bits per heavy atom. The standard InChI is InChI=1S/C27H17F7O5S/c28-13-7-8-21-16(9-13)22(35)25(12-40-21,10-17-14(23(36)37)3-1-5-19(17)26(29,30)31)11-18-15(24(38)39)4-2-6-20(18)27(32,33)34/h1-9H,10-12H2,(H,36,37)(H,38,39). The van der Waals surface area contributed by atoms with Crippen molar-refractivity contribution in [1.82, 2.24) is 0 Å². The monoisotopic (exact) mass is 586 g/mol. The van der Waals surface area contributed by atoms with Gasteiger partial charge < -0.3 is 10.2 Å². The van der Waals surface area contributed by atoms with Gasteiger partial charge in [-0.3, -0.25) is 4.79 Å². The Morgan fingerprint density at radius 2 is 1.27 bits per heavy atom. The molecule has 0 atom stereocenters. The molecule has 0 saturated carbocycles. The summed E-state index contributed by atoms with van der Waals surface area (Å²) in [7, 11) is 0. The first-order chi connectivity index (χ1) is 18.5. The zero-order valence-corrected chi connectivity index (χ0v) is 20.8. The molecule has 13 heteroatoms. The number of benzene rings is 3. The van der Waals surface area contributed by atoms with Gasteiger partial charge in [0, 0.05) is 16.2 Å². The molecule has 0 aromatic heterocycles. The summed E-state index contributed by atoms with van der Waals surface area (Å²) in [6.07, 6.45) is -12.2. The topological polar surface area (TPSA) is 91.7 Å². The molecule has 0 radical (unpaired) electrons. The lowest BCUT2D eigenvalue weighted by atomic mass is 9.70. The van der Waals surface area contributed by atoms with Crippen LogP contribution in [0.1, 0.15) is 53.3 Å². The summed E-state index contributed by atoms with van der Waals surface area (Å²) >= 11 is 0.857. The van der Waals surface area contributed by atoms with E-state index in [4.69, 9.17) is 0 Å². The number of hydrogen-bond donors (Lipinski definition) is 2. The number of carbonyl (C=O) groups excluding carboxylic acids is 1. The van der Waals surface area contributed by atoms with Crippen LogP contribution in [0.2, 0.25) is 0 Å². The number of alkyl halides is 6. The maximum atomic E-state index is 14.1. The van der Waals surface area contributed by atoms with Crippen molar-refractivity contribution >= 4 is 29.5 Å². The van der Waals surface area contributed by atoms with E-state index >= 15 is 0 Å². The second-order valence-electron chi connectivity index (χ2n) is 9.16. The van der Waals surface area contributed by atoms with Gasteiger partial charge >= 0.3 is 24.3 Å². The van der Waals surface area contributed by atoms with E-state index in [1.54, 1.807) is 0 Å². The molecule has 1 aliphatic rings. The summed E-state index contributed by atoms with van der Waals surface area (Å²) in [5.41, 5.74) is -8.77. The van der Waals surface area contributed by atoms with Crippen molar-refractivity contribution in [3.8, 4) is 0 Å². The van der Waals surface area contributed by atoms with Crippen molar-refractivity contribution in [2.45, 2.75) is 30.1 Å². The Labute approximate surface area is 225 Å². The van der Waals surface area contributed by atoms with Crippen LogP contribution in [-0.4, -0.2) is 33.7 Å². The molecule has 4 rings (SSSR count). The Morgan fingerprint density at radius 3 is 1.70 bits per heavy atom. The minimum absolute atomic E-state index is 0.215. The number of halogens is 7. The van der Waals surface area contributed by atoms with E-state index in [0.717, 1.165) is 48.2 Å². The Bertz CT molecular complexity index is 1450. The Hall–Kier alpha value is -3.87. The maximum absolute atomic E-state index is 14.1. The third kappa shape index (κ3) is 5.42. The van der Waals surface area contributed by atoms with Gasteiger partial charge in [0.05, 0.1) is 27.7 Å². The first-order valence-corrected chi connectivity index (χ1v) is 12.4. The number of carboxylic acid groups (broad SMARTS) is 2. The van der Waals surface area contributed by atoms with Gasteiger partial charge in [-0.05, 0) is 66.4 Å². The normalized spacial score (nSPS) is 15.0. The lowest BCUT2D eigenvalue weighted by Gasteiger charge is -2.38. The summed E-state index contributed by atoms with van der Waals surface area (Å²) in [5.74, 6) is -5.93. The lowest BCUT2D eigenvalue weighted by molar-refractivity contribution is -0.138. The third-order valence-corrected chi connectivity index (χ3v) is 7.99. The molecule has 3 aromatic rings. The highest BCUT2D eigenvalue weighted by molar-refractivity contribution is 7.99. The fraction of sp³-hybridized carbons (Fsp3) is 0.222. The van der Waals surface area contributed by atoms with Crippen molar-refractivity contribution in [3.63, 3.8) is 0 Å². The van der Waals surface area contributed by atoms with Crippen molar-refractivity contribution in [2.24, 2.45) is 5.41 Å². The van der Waals surface area contributed by atoms with Gasteiger partial charge in [-0.2, -0.15) is 26.3 Å². The minimum Gasteiger partial charge on any atom is -0.478 e. The second kappa shape index (κ2) is 10.3. The van der Waals surface area contributed by atoms with Crippen molar-refractivity contribution in [3.05, 3.63) is 99.4 Å². The molecule has 1 heterocycles. The molecular weight excluding hydrogens is 569 g/mol. The van der Waals surface area contributed by atoms with E-state index in [9.17, 15) is 55.3 Å². The maximum Gasteiger partial charge on any atom is 0.416 e. The summed E-state index contributed by atoms with van der Waals surface area (Å²) in [4.78, 5) is 38.0. The molecule has 2 N–H and O–H groups in total. The summed E-state index contributed by atoms with van der Waals surface area (Å²) in [6.45, 7) is 0. The fourth-order valence-corrected chi connectivity index (χ4v) is 6.10. The predicted molar refractivity (Wildman–Crippen MR) is 128 cm³/mol. The van der Waals surface area contributed by atoms with E-state index < -0.39 is 93.3 Å². The molecule has 0 saturated heterocycles.